The average molecular weight is 549 g/mol. The molecule has 0 unspecified atom stereocenters. The summed E-state index contributed by atoms with van der Waals surface area (Å²) in [7, 11) is 0. The summed E-state index contributed by atoms with van der Waals surface area (Å²) < 4.78 is 0. The molecule has 0 atom stereocenters. The zero-order valence-electron chi connectivity index (χ0n) is 27.7. The second-order valence-electron chi connectivity index (χ2n) is 13.0. The zero-order valence-corrected chi connectivity index (χ0v) is 27.7. The van der Waals surface area contributed by atoms with Gasteiger partial charge in [-0.3, -0.25) is 4.79 Å². The highest BCUT2D eigenvalue weighted by molar-refractivity contribution is 5.78. The maximum atomic E-state index is 12.1. The van der Waals surface area contributed by atoms with Crippen LogP contribution in [0.15, 0.2) is 0 Å². The molecule has 0 aliphatic carbocycles. The van der Waals surface area contributed by atoms with E-state index in [4.69, 9.17) is 0 Å². The number of Topliss-reactive ketones (excluding diaryl/α,β-unsaturated/α-hetero) is 1. The minimum atomic E-state index is 0.528. The third-order valence-electron chi connectivity index (χ3n) is 8.87. The molecule has 1 heteroatoms. The molecule has 0 heterocycles. The summed E-state index contributed by atoms with van der Waals surface area (Å²) in [6.45, 7) is 4.59. The van der Waals surface area contributed by atoms with Crippen LogP contribution in [0.3, 0.4) is 0 Å². The van der Waals surface area contributed by atoms with Crippen LogP contribution < -0.4 is 0 Å². The van der Waals surface area contributed by atoms with Crippen molar-refractivity contribution in [2.75, 3.05) is 0 Å². The highest BCUT2D eigenvalue weighted by Crippen LogP contribution is 2.16. The van der Waals surface area contributed by atoms with Gasteiger partial charge in [-0.15, -0.1) is 0 Å². The number of carbonyl (C=O) groups excluding carboxylic acids is 1. The lowest BCUT2D eigenvalue weighted by Gasteiger charge is -2.04. The normalized spacial score (nSPS) is 11.4. The summed E-state index contributed by atoms with van der Waals surface area (Å²) in [6.07, 6.45) is 47.9. The molecule has 0 rings (SSSR count). The smallest absolute Gasteiger partial charge is 0.132 e. The van der Waals surface area contributed by atoms with Crippen LogP contribution in [0.5, 0.6) is 0 Å². The highest BCUT2D eigenvalue weighted by Gasteiger charge is 2.02. The van der Waals surface area contributed by atoms with Crippen molar-refractivity contribution in [3.8, 4) is 0 Å². The lowest BCUT2D eigenvalue weighted by molar-refractivity contribution is -0.119. The number of hydrogen-bond acceptors (Lipinski definition) is 1. The van der Waals surface area contributed by atoms with Crippen LogP contribution >= 0.6 is 0 Å². The second kappa shape index (κ2) is 35.7. The van der Waals surface area contributed by atoms with Gasteiger partial charge < -0.3 is 0 Å². The van der Waals surface area contributed by atoms with Gasteiger partial charge in [-0.1, -0.05) is 213 Å². The second-order valence-corrected chi connectivity index (χ2v) is 13.0. The molecule has 0 saturated heterocycles. The summed E-state index contributed by atoms with van der Waals surface area (Å²) >= 11 is 0. The van der Waals surface area contributed by atoms with Crippen LogP contribution in [-0.4, -0.2) is 5.78 Å². The van der Waals surface area contributed by atoms with Crippen molar-refractivity contribution in [3.63, 3.8) is 0 Å². The van der Waals surface area contributed by atoms with Crippen molar-refractivity contribution in [1.82, 2.24) is 0 Å². The van der Waals surface area contributed by atoms with Gasteiger partial charge in [-0.25, -0.2) is 0 Å². The predicted octanol–water partition coefficient (Wildman–Crippen LogP) is 14.2. The van der Waals surface area contributed by atoms with Gasteiger partial charge in [0.1, 0.15) is 5.78 Å². The largest absolute Gasteiger partial charge is 0.300 e. The number of ketones is 1. The first-order valence-electron chi connectivity index (χ1n) is 18.8. The van der Waals surface area contributed by atoms with E-state index in [2.05, 4.69) is 13.8 Å². The van der Waals surface area contributed by atoms with Gasteiger partial charge in [0.2, 0.25) is 0 Å². The van der Waals surface area contributed by atoms with Crippen molar-refractivity contribution in [1.29, 1.82) is 0 Å². The molecule has 0 aromatic heterocycles. The van der Waals surface area contributed by atoms with Crippen molar-refractivity contribution >= 4 is 5.78 Å². The van der Waals surface area contributed by atoms with Crippen molar-refractivity contribution < 1.29 is 4.79 Å². The van der Waals surface area contributed by atoms with Crippen LogP contribution in [0, 0.1) is 0 Å². The molecule has 0 bridgehead atoms. The van der Waals surface area contributed by atoms with Crippen molar-refractivity contribution in [2.24, 2.45) is 0 Å². The lowest BCUT2D eigenvalue weighted by Crippen LogP contribution is -1.97. The first kappa shape index (κ1) is 38.7. The van der Waals surface area contributed by atoms with E-state index in [0.29, 0.717) is 5.78 Å². The van der Waals surface area contributed by atoms with Crippen molar-refractivity contribution in [2.45, 2.75) is 239 Å². The fourth-order valence-electron chi connectivity index (χ4n) is 6.04. The standard InChI is InChI=1S/C38H76O/c1-3-5-7-9-11-13-15-17-18-19-20-21-22-23-25-27-29-31-33-35-37-38(39)36-34-32-30-28-26-24-16-14-12-10-8-6-4-2/h3-37H2,1-2H3. The van der Waals surface area contributed by atoms with E-state index in [0.717, 1.165) is 25.7 Å². The molecule has 0 spiro atoms. The molecule has 0 aliphatic rings. The van der Waals surface area contributed by atoms with E-state index in [-0.39, 0.29) is 0 Å². The Morgan fingerprint density at radius 1 is 0.256 bits per heavy atom. The minimum absolute atomic E-state index is 0.528. The molecule has 39 heavy (non-hydrogen) atoms. The van der Waals surface area contributed by atoms with Gasteiger partial charge in [0.15, 0.2) is 0 Å². The Kier molecular flexibility index (Phi) is 35.4. The number of hydrogen-bond donors (Lipinski definition) is 0. The molecule has 0 radical (unpaired) electrons. The molecule has 0 aromatic rings. The summed E-state index contributed by atoms with van der Waals surface area (Å²) in [4.78, 5) is 12.1. The minimum Gasteiger partial charge on any atom is -0.300 e. The van der Waals surface area contributed by atoms with E-state index in [1.807, 2.05) is 0 Å². The lowest BCUT2D eigenvalue weighted by atomic mass is 10.0. The van der Waals surface area contributed by atoms with Gasteiger partial charge in [-0.05, 0) is 12.8 Å². The Morgan fingerprint density at radius 3 is 0.590 bits per heavy atom. The molecule has 0 saturated carbocycles. The number of unbranched alkanes of at least 4 members (excludes halogenated alkanes) is 31. The Bertz CT molecular complexity index is 442. The quantitative estimate of drug-likeness (QED) is 0.0720. The number of rotatable bonds is 35. The van der Waals surface area contributed by atoms with Gasteiger partial charge in [0.25, 0.3) is 0 Å². The Hall–Kier alpha value is -0.330. The molecular weight excluding hydrogens is 472 g/mol. The third kappa shape index (κ3) is 35.6. The Morgan fingerprint density at radius 2 is 0.410 bits per heavy atom. The van der Waals surface area contributed by atoms with Crippen LogP contribution in [0.25, 0.3) is 0 Å². The monoisotopic (exact) mass is 549 g/mol. The van der Waals surface area contributed by atoms with Gasteiger partial charge >= 0.3 is 0 Å². The molecule has 0 aromatic carbocycles. The molecule has 0 amide bonds. The molecule has 234 valence electrons. The average Bonchev–Trinajstić information content (AvgIpc) is 2.94. The maximum absolute atomic E-state index is 12.1. The van der Waals surface area contributed by atoms with Crippen LogP contribution in [0.2, 0.25) is 0 Å². The SMILES string of the molecule is CCCCCCCCCCCCCCCCCCCCCCC(=O)CCCCCCCCCCCCCCC. The van der Waals surface area contributed by atoms with Gasteiger partial charge in [-0.2, -0.15) is 0 Å². The van der Waals surface area contributed by atoms with Crippen LogP contribution in [0.1, 0.15) is 239 Å². The summed E-state index contributed by atoms with van der Waals surface area (Å²) in [6, 6.07) is 0. The molecule has 0 N–H and O–H groups in total. The van der Waals surface area contributed by atoms with Gasteiger partial charge in [0, 0.05) is 12.8 Å². The number of carbonyl (C=O) groups is 1. The van der Waals surface area contributed by atoms with E-state index in [1.165, 1.54) is 199 Å². The van der Waals surface area contributed by atoms with Crippen LogP contribution in [0.4, 0.5) is 0 Å². The molecule has 1 nitrogen and oxygen atoms in total. The van der Waals surface area contributed by atoms with E-state index >= 15 is 0 Å². The predicted molar refractivity (Wildman–Crippen MR) is 178 cm³/mol. The third-order valence-corrected chi connectivity index (χ3v) is 8.87. The fraction of sp³-hybridized carbons (Fsp3) is 0.974. The fourth-order valence-corrected chi connectivity index (χ4v) is 6.04. The summed E-state index contributed by atoms with van der Waals surface area (Å²) in [5.41, 5.74) is 0. The highest BCUT2D eigenvalue weighted by atomic mass is 16.1. The van der Waals surface area contributed by atoms with E-state index in [9.17, 15) is 4.79 Å². The summed E-state index contributed by atoms with van der Waals surface area (Å²) in [5.74, 6) is 0.528. The van der Waals surface area contributed by atoms with Gasteiger partial charge in [0.05, 0.1) is 0 Å². The first-order valence-corrected chi connectivity index (χ1v) is 18.8. The zero-order chi connectivity index (χ0) is 28.3. The van der Waals surface area contributed by atoms with E-state index in [1.54, 1.807) is 0 Å². The Labute approximate surface area is 248 Å². The maximum Gasteiger partial charge on any atom is 0.132 e. The Balaban J connectivity index is 3.13. The van der Waals surface area contributed by atoms with Crippen molar-refractivity contribution in [3.05, 3.63) is 0 Å². The topological polar surface area (TPSA) is 17.1 Å². The van der Waals surface area contributed by atoms with Crippen LogP contribution in [-0.2, 0) is 4.79 Å². The van der Waals surface area contributed by atoms with E-state index < -0.39 is 0 Å². The molecule has 0 aliphatic heterocycles. The summed E-state index contributed by atoms with van der Waals surface area (Å²) in [5, 5.41) is 0. The molecule has 0 fully saturated rings. The first-order chi connectivity index (χ1) is 19.3. The molecular formula is C38H76O.